The van der Waals surface area contributed by atoms with Crippen LogP contribution in [-0.2, 0) is 14.8 Å². The molecule has 0 saturated carbocycles. The molecule has 0 aromatic carbocycles. The minimum Gasteiger partial charge on any atom is -0.444 e. The van der Waals surface area contributed by atoms with Crippen LogP contribution >= 0.6 is 11.6 Å². The van der Waals surface area contributed by atoms with Gasteiger partial charge in [-0.25, -0.2) is 31.9 Å². The lowest BCUT2D eigenvalue weighted by atomic mass is 9.86. The number of aromatic amines is 1. The summed E-state index contributed by atoms with van der Waals surface area (Å²) < 4.78 is 47.1. The highest BCUT2D eigenvalue weighted by atomic mass is 35.5. The van der Waals surface area contributed by atoms with Gasteiger partial charge in [-0.3, -0.25) is 0 Å². The first kappa shape index (κ1) is 26.8. The van der Waals surface area contributed by atoms with E-state index in [1.165, 1.54) is 12.1 Å². The Morgan fingerprint density at radius 1 is 1.19 bits per heavy atom. The van der Waals surface area contributed by atoms with Gasteiger partial charge in [0.15, 0.2) is 11.0 Å². The smallest absolute Gasteiger partial charge is 0.410 e. The van der Waals surface area contributed by atoms with Gasteiger partial charge in [0.1, 0.15) is 17.1 Å². The molecule has 4 rings (SSSR count). The fourth-order valence-corrected chi connectivity index (χ4v) is 7.19. The quantitative estimate of drug-likeness (QED) is 0.614. The lowest BCUT2D eigenvalue weighted by Gasteiger charge is -2.39. The number of H-pyrrole nitrogens is 1. The number of imidazole rings is 1. The van der Waals surface area contributed by atoms with E-state index >= 15 is 0 Å². The number of carbonyl (C=O) groups is 1. The summed E-state index contributed by atoms with van der Waals surface area (Å²) in [7, 11) is -3.51. The van der Waals surface area contributed by atoms with Crippen molar-refractivity contribution in [2.24, 2.45) is 5.92 Å². The van der Waals surface area contributed by atoms with Crippen molar-refractivity contribution in [3.63, 3.8) is 0 Å². The first-order chi connectivity index (χ1) is 16.8. The molecule has 2 saturated heterocycles. The van der Waals surface area contributed by atoms with Gasteiger partial charge in [-0.15, -0.1) is 0 Å². The molecule has 2 aliphatic heterocycles. The molecule has 0 unspecified atom stereocenters. The zero-order valence-corrected chi connectivity index (χ0v) is 22.6. The van der Waals surface area contributed by atoms with Gasteiger partial charge in [0, 0.05) is 32.1 Å². The van der Waals surface area contributed by atoms with Crippen LogP contribution in [0, 0.1) is 11.7 Å². The lowest BCUT2D eigenvalue weighted by molar-refractivity contribution is 0.0216. The van der Waals surface area contributed by atoms with Crippen LogP contribution in [0.3, 0.4) is 0 Å². The van der Waals surface area contributed by atoms with E-state index in [1.807, 2.05) is 27.7 Å². The molecule has 0 bridgehead atoms. The SMILES string of the molecule is C[C@H]1CN(S(=O)(=O)C2CCN(C(=O)OC(C)(C)C)CC2)CC[C@H]1c1[nH]c(-c2ccc(F)cn2)nc1Cl. The van der Waals surface area contributed by atoms with Crippen molar-refractivity contribution in [2.45, 2.75) is 63.7 Å². The summed E-state index contributed by atoms with van der Waals surface area (Å²) in [4.78, 5) is 25.5. The van der Waals surface area contributed by atoms with Crippen LogP contribution in [0.5, 0.6) is 0 Å². The number of aromatic nitrogens is 3. The Balaban J connectivity index is 1.38. The summed E-state index contributed by atoms with van der Waals surface area (Å²) in [5.74, 6) is 0.0189. The predicted molar refractivity (Wildman–Crippen MR) is 135 cm³/mol. The molecule has 2 fully saturated rings. The van der Waals surface area contributed by atoms with Gasteiger partial charge in [-0.1, -0.05) is 18.5 Å². The van der Waals surface area contributed by atoms with E-state index in [9.17, 15) is 17.6 Å². The molecule has 12 heteroatoms. The van der Waals surface area contributed by atoms with Gasteiger partial charge in [-0.2, -0.15) is 0 Å². The molecule has 9 nitrogen and oxygen atoms in total. The van der Waals surface area contributed by atoms with Gasteiger partial charge < -0.3 is 14.6 Å². The van der Waals surface area contributed by atoms with Crippen LogP contribution in [-0.4, -0.2) is 75.7 Å². The molecule has 2 atom stereocenters. The number of hydrogen-bond donors (Lipinski definition) is 1. The Morgan fingerprint density at radius 3 is 2.47 bits per heavy atom. The highest BCUT2D eigenvalue weighted by Crippen LogP contribution is 2.38. The lowest BCUT2D eigenvalue weighted by Crippen LogP contribution is -2.50. The minimum atomic E-state index is -3.51. The number of nitrogens with zero attached hydrogens (tertiary/aromatic N) is 4. The van der Waals surface area contributed by atoms with Crippen LogP contribution < -0.4 is 0 Å². The van der Waals surface area contributed by atoms with Crippen LogP contribution in [0.15, 0.2) is 18.3 Å². The van der Waals surface area contributed by atoms with E-state index in [0.29, 0.717) is 62.1 Å². The summed E-state index contributed by atoms with van der Waals surface area (Å²) in [6.45, 7) is 8.90. The van der Waals surface area contributed by atoms with Crippen molar-refractivity contribution >= 4 is 27.7 Å². The minimum absolute atomic E-state index is 0.000311. The molecule has 0 aliphatic carbocycles. The molecule has 2 aliphatic rings. The summed E-state index contributed by atoms with van der Waals surface area (Å²) in [6.07, 6.45) is 2.08. The second kappa shape index (κ2) is 10.3. The average molecular weight is 542 g/mol. The number of halogens is 2. The Hall–Kier alpha value is -2.24. The van der Waals surface area contributed by atoms with Crippen LogP contribution in [0.1, 0.15) is 58.6 Å². The van der Waals surface area contributed by atoms with E-state index in [0.717, 1.165) is 11.9 Å². The molecule has 36 heavy (non-hydrogen) atoms. The fourth-order valence-electron chi connectivity index (χ4n) is 4.89. The highest BCUT2D eigenvalue weighted by molar-refractivity contribution is 7.89. The van der Waals surface area contributed by atoms with E-state index in [4.69, 9.17) is 16.3 Å². The standard InChI is InChI=1S/C24H33ClFN5O4S/c1-15-14-31(36(33,34)17-7-10-30(11-8-17)23(32)35-24(2,3)4)12-9-18(15)20-21(25)29-22(28-20)19-6-5-16(26)13-27-19/h5-6,13,15,17-18H,7-12,14H2,1-4H3,(H,28,29)/t15-,18+/m0/s1. The van der Waals surface area contributed by atoms with Crippen molar-refractivity contribution in [3.8, 4) is 11.5 Å². The van der Waals surface area contributed by atoms with Gasteiger partial charge in [0.05, 0.1) is 17.1 Å². The van der Waals surface area contributed by atoms with E-state index < -0.39 is 32.8 Å². The van der Waals surface area contributed by atoms with Gasteiger partial charge in [0.25, 0.3) is 0 Å². The van der Waals surface area contributed by atoms with Crippen LogP contribution in [0.4, 0.5) is 9.18 Å². The monoisotopic (exact) mass is 541 g/mol. The maximum absolute atomic E-state index is 13.4. The normalized spacial score (nSPS) is 22.6. The zero-order valence-electron chi connectivity index (χ0n) is 21.0. The summed E-state index contributed by atoms with van der Waals surface area (Å²) in [5.41, 5.74) is 0.636. The van der Waals surface area contributed by atoms with Gasteiger partial charge in [0.2, 0.25) is 10.0 Å². The predicted octanol–water partition coefficient (Wildman–Crippen LogP) is 4.42. The Labute approximate surface area is 216 Å². The molecule has 0 radical (unpaired) electrons. The number of pyridine rings is 1. The van der Waals surface area contributed by atoms with Crippen molar-refractivity contribution in [3.05, 3.63) is 35.0 Å². The highest BCUT2D eigenvalue weighted by Gasteiger charge is 2.41. The van der Waals surface area contributed by atoms with Crippen molar-refractivity contribution in [1.82, 2.24) is 24.2 Å². The number of sulfonamides is 1. The molecular formula is C24H33ClFN5O4S. The second-order valence-electron chi connectivity index (χ2n) is 10.6. The number of likely N-dealkylation sites (tertiary alicyclic amines) is 1. The molecule has 4 heterocycles. The Kier molecular flexibility index (Phi) is 7.64. The number of rotatable bonds is 4. The van der Waals surface area contributed by atoms with Crippen molar-refractivity contribution < 1.29 is 22.3 Å². The first-order valence-corrected chi connectivity index (χ1v) is 14.1. The van der Waals surface area contributed by atoms with Crippen LogP contribution in [0.2, 0.25) is 5.15 Å². The van der Waals surface area contributed by atoms with Crippen molar-refractivity contribution in [2.75, 3.05) is 26.2 Å². The van der Waals surface area contributed by atoms with E-state index in [1.54, 1.807) is 9.21 Å². The fraction of sp³-hybridized carbons (Fsp3) is 0.625. The Bertz CT molecular complexity index is 1190. The number of amides is 1. The zero-order chi connectivity index (χ0) is 26.3. The number of hydrogen-bond acceptors (Lipinski definition) is 6. The maximum Gasteiger partial charge on any atom is 0.410 e. The third kappa shape index (κ3) is 5.84. The third-order valence-electron chi connectivity index (χ3n) is 6.77. The second-order valence-corrected chi connectivity index (χ2v) is 13.2. The molecule has 2 aromatic rings. The molecule has 198 valence electrons. The number of nitrogens with one attached hydrogen (secondary N) is 1. The number of ether oxygens (including phenoxy) is 1. The molecule has 1 N–H and O–H groups in total. The summed E-state index contributed by atoms with van der Waals surface area (Å²) >= 11 is 6.43. The number of carbonyl (C=O) groups excluding carboxylic acids is 1. The largest absolute Gasteiger partial charge is 0.444 e. The Morgan fingerprint density at radius 2 is 1.89 bits per heavy atom. The summed E-state index contributed by atoms with van der Waals surface area (Å²) in [5, 5.41) is -0.203. The first-order valence-electron chi connectivity index (χ1n) is 12.2. The molecule has 2 aromatic heterocycles. The topological polar surface area (TPSA) is 108 Å². The molecule has 0 spiro atoms. The maximum atomic E-state index is 13.4. The average Bonchev–Trinajstić information content (AvgIpc) is 3.19. The van der Waals surface area contributed by atoms with Crippen LogP contribution in [0.25, 0.3) is 11.5 Å². The van der Waals surface area contributed by atoms with Crippen molar-refractivity contribution in [1.29, 1.82) is 0 Å². The molecule has 1 amide bonds. The molecular weight excluding hydrogens is 509 g/mol. The van der Waals surface area contributed by atoms with E-state index in [2.05, 4.69) is 15.0 Å². The van der Waals surface area contributed by atoms with Gasteiger partial charge >= 0.3 is 6.09 Å². The number of piperidine rings is 2. The summed E-state index contributed by atoms with van der Waals surface area (Å²) in [6, 6.07) is 2.84. The third-order valence-corrected chi connectivity index (χ3v) is 9.42. The van der Waals surface area contributed by atoms with E-state index in [-0.39, 0.29) is 11.8 Å². The van der Waals surface area contributed by atoms with Gasteiger partial charge in [-0.05, 0) is 58.1 Å².